The van der Waals surface area contributed by atoms with Crippen LogP contribution in [0.4, 0.5) is 0 Å². The van der Waals surface area contributed by atoms with Crippen molar-refractivity contribution < 1.29 is 0 Å². The molecule has 0 aliphatic heterocycles. The molecule has 0 radical (unpaired) electrons. The number of thioether (sulfide) groups is 1. The van der Waals surface area contributed by atoms with Gasteiger partial charge in [-0.1, -0.05) is 52.5 Å². The topological polar surface area (TPSA) is 51.8 Å². The van der Waals surface area contributed by atoms with Crippen molar-refractivity contribution in [2.75, 3.05) is 6.26 Å². The summed E-state index contributed by atoms with van der Waals surface area (Å²) in [5.41, 5.74) is 6.95. The normalized spacial score (nSPS) is 12.6. The lowest BCUT2D eigenvalue weighted by molar-refractivity contribution is 0.738. The molecule has 1 aromatic heterocycles. The van der Waals surface area contributed by atoms with E-state index in [1.165, 1.54) is 0 Å². The van der Waals surface area contributed by atoms with E-state index in [0.717, 1.165) is 30.6 Å². The SMILES string of the molecule is CSc1nnc(Sc2ccc(CC(C)N)cc2Cl)s1. The monoisotopic (exact) mass is 331 g/mol. The molecule has 3 nitrogen and oxygen atoms in total. The van der Waals surface area contributed by atoms with E-state index in [0.29, 0.717) is 0 Å². The predicted molar refractivity (Wildman–Crippen MR) is 84.6 cm³/mol. The molecule has 1 heterocycles. The molecule has 0 saturated heterocycles. The van der Waals surface area contributed by atoms with E-state index >= 15 is 0 Å². The van der Waals surface area contributed by atoms with Gasteiger partial charge in [-0.2, -0.15) is 0 Å². The Kier molecular flexibility index (Phi) is 5.53. The van der Waals surface area contributed by atoms with Crippen molar-refractivity contribution in [3.63, 3.8) is 0 Å². The van der Waals surface area contributed by atoms with Crippen LogP contribution in [-0.2, 0) is 6.42 Å². The van der Waals surface area contributed by atoms with Crippen LogP contribution in [0.25, 0.3) is 0 Å². The summed E-state index contributed by atoms with van der Waals surface area (Å²) in [5, 5.41) is 8.93. The standard InChI is InChI=1S/C12H14ClN3S3/c1-7(14)5-8-3-4-10(9(13)6-8)18-12-16-15-11(17-2)19-12/h3-4,6-7H,5,14H2,1-2H3. The van der Waals surface area contributed by atoms with Crippen molar-refractivity contribution in [1.29, 1.82) is 0 Å². The van der Waals surface area contributed by atoms with E-state index in [9.17, 15) is 0 Å². The molecule has 0 amide bonds. The van der Waals surface area contributed by atoms with Gasteiger partial charge in [0.25, 0.3) is 0 Å². The van der Waals surface area contributed by atoms with Crippen molar-refractivity contribution in [3.05, 3.63) is 28.8 Å². The molecule has 1 aromatic carbocycles. The van der Waals surface area contributed by atoms with Crippen molar-refractivity contribution in [2.45, 2.75) is 33.0 Å². The smallest absolute Gasteiger partial charge is 0.179 e. The average Bonchev–Trinajstić information content (AvgIpc) is 2.80. The van der Waals surface area contributed by atoms with E-state index in [2.05, 4.69) is 16.3 Å². The molecule has 0 fully saturated rings. The van der Waals surface area contributed by atoms with Gasteiger partial charge in [0, 0.05) is 10.9 Å². The molecule has 2 rings (SSSR count). The zero-order valence-corrected chi connectivity index (χ0v) is 13.8. The summed E-state index contributed by atoms with van der Waals surface area (Å²) in [5.74, 6) is 0. The molecular formula is C12H14ClN3S3. The summed E-state index contributed by atoms with van der Waals surface area (Å²) in [6.45, 7) is 1.99. The van der Waals surface area contributed by atoms with Gasteiger partial charge in [0.15, 0.2) is 8.68 Å². The summed E-state index contributed by atoms with van der Waals surface area (Å²) >= 11 is 11.0. The zero-order valence-electron chi connectivity index (χ0n) is 10.6. The van der Waals surface area contributed by atoms with Gasteiger partial charge in [-0.15, -0.1) is 10.2 Å². The van der Waals surface area contributed by atoms with E-state index in [-0.39, 0.29) is 6.04 Å². The molecule has 19 heavy (non-hydrogen) atoms. The molecule has 7 heteroatoms. The fraction of sp³-hybridized carbons (Fsp3) is 0.333. The fourth-order valence-corrected chi connectivity index (χ4v) is 4.26. The number of nitrogens with two attached hydrogens (primary N) is 1. The lowest BCUT2D eigenvalue weighted by Gasteiger charge is -2.07. The van der Waals surface area contributed by atoms with Gasteiger partial charge >= 0.3 is 0 Å². The highest BCUT2D eigenvalue weighted by Crippen LogP contribution is 2.36. The Morgan fingerprint density at radius 1 is 1.37 bits per heavy atom. The number of nitrogens with zero attached hydrogens (tertiary/aromatic N) is 2. The van der Waals surface area contributed by atoms with Crippen LogP contribution in [0.1, 0.15) is 12.5 Å². The minimum atomic E-state index is 0.141. The molecule has 0 saturated carbocycles. The van der Waals surface area contributed by atoms with Crippen LogP contribution >= 0.6 is 46.5 Å². The van der Waals surface area contributed by atoms with Gasteiger partial charge in [-0.3, -0.25) is 0 Å². The number of halogens is 1. The Morgan fingerprint density at radius 2 is 2.11 bits per heavy atom. The number of rotatable bonds is 5. The summed E-state index contributed by atoms with van der Waals surface area (Å²) in [6.07, 6.45) is 2.82. The van der Waals surface area contributed by atoms with Crippen LogP contribution < -0.4 is 5.73 Å². The lowest BCUT2D eigenvalue weighted by Crippen LogP contribution is -2.17. The van der Waals surface area contributed by atoms with Crippen molar-refractivity contribution in [2.24, 2.45) is 5.73 Å². The zero-order chi connectivity index (χ0) is 13.8. The maximum absolute atomic E-state index is 6.29. The molecule has 2 N–H and O–H groups in total. The molecule has 1 atom stereocenters. The summed E-state index contributed by atoms with van der Waals surface area (Å²) < 4.78 is 1.87. The Morgan fingerprint density at radius 3 is 2.68 bits per heavy atom. The fourth-order valence-electron chi connectivity index (χ4n) is 1.54. The quantitative estimate of drug-likeness (QED) is 0.840. The second kappa shape index (κ2) is 6.95. The second-order valence-corrected chi connectivity index (χ2v) is 7.81. The minimum absolute atomic E-state index is 0.141. The van der Waals surface area contributed by atoms with Gasteiger partial charge in [0.2, 0.25) is 0 Å². The third-order valence-electron chi connectivity index (χ3n) is 2.31. The summed E-state index contributed by atoms with van der Waals surface area (Å²) in [7, 11) is 0. The van der Waals surface area contributed by atoms with Gasteiger partial charge in [-0.25, -0.2) is 0 Å². The lowest BCUT2D eigenvalue weighted by atomic mass is 10.1. The number of benzene rings is 1. The van der Waals surface area contributed by atoms with Crippen LogP contribution in [0.5, 0.6) is 0 Å². The minimum Gasteiger partial charge on any atom is -0.328 e. The Balaban J connectivity index is 2.12. The third-order valence-corrected chi connectivity index (χ3v) is 5.76. The molecule has 0 bridgehead atoms. The summed E-state index contributed by atoms with van der Waals surface area (Å²) in [6, 6.07) is 6.20. The van der Waals surface area contributed by atoms with Crippen LogP contribution in [-0.4, -0.2) is 22.5 Å². The highest BCUT2D eigenvalue weighted by atomic mass is 35.5. The number of aromatic nitrogens is 2. The van der Waals surface area contributed by atoms with Gasteiger partial charge in [0.05, 0.1) is 5.02 Å². The van der Waals surface area contributed by atoms with Gasteiger partial charge < -0.3 is 5.73 Å². The van der Waals surface area contributed by atoms with Crippen molar-refractivity contribution in [3.8, 4) is 0 Å². The first-order chi connectivity index (χ1) is 9.08. The molecule has 0 aliphatic carbocycles. The van der Waals surface area contributed by atoms with Crippen LogP contribution in [0, 0.1) is 0 Å². The average molecular weight is 332 g/mol. The first kappa shape index (κ1) is 15.1. The van der Waals surface area contributed by atoms with Crippen LogP contribution in [0.3, 0.4) is 0 Å². The van der Waals surface area contributed by atoms with E-state index in [1.54, 1.807) is 34.9 Å². The van der Waals surface area contributed by atoms with Crippen LogP contribution in [0.15, 0.2) is 31.8 Å². The van der Waals surface area contributed by atoms with E-state index < -0.39 is 0 Å². The highest BCUT2D eigenvalue weighted by molar-refractivity contribution is 8.03. The van der Waals surface area contributed by atoms with Gasteiger partial charge in [-0.05, 0) is 37.3 Å². The first-order valence-corrected chi connectivity index (χ1v) is 8.91. The Hall–Kier alpha value is -0.270. The second-order valence-electron chi connectivity index (χ2n) is 4.09. The first-order valence-electron chi connectivity index (χ1n) is 5.68. The number of hydrogen-bond acceptors (Lipinski definition) is 6. The van der Waals surface area contributed by atoms with Gasteiger partial charge in [0.1, 0.15) is 0 Å². The van der Waals surface area contributed by atoms with E-state index in [4.69, 9.17) is 17.3 Å². The maximum atomic E-state index is 6.29. The molecule has 0 aliphatic rings. The Labute approximate surface area is 130 Å². The summed E-state index contributed by atoms with van der Waals surface area (Å²) in [4.78, 5) is 0.999. The highest BCUT2D eigenvalue weighted by Gasteiger charge is 2.09. The largest absolute Gasteiger partial charge is 0.328 e. The molecule has 2 aromatic rings. The van der Waals surface area contributed by atoms with Crippen molar-refractivity contribution >= 4 is 46.5 Å². The van der Waals surface area contributed by atoms with Crippen molar-refractivity contribution in [1.82, 2.24) is 10.2 Å². The number of hydrogen-bond donors (Lipinski definition) is 1. The maximum Gasteiger partial charge on any atom is 0.179 e. The molecule has 1 unspecified atom stereocenters. The molecule has 0 spiro atoms. The van der Waals surface area contributed by atoms with E-state index in [1.807, 2.05) is 25.3 Å². The molecular weight excluding hydrogens is 318 g/mol. The van der Waals surface area contributed by atoms with Crippen LogP contribution in [0.2, 0.25) is 5.02 Å². The third kappa shape index (κ3) is 4.36. The predicted octanol–water partition coefficient (Wildman–Crippen LogP) is 3.95. The molecule has 102 valence electrons. The Bertz CT molecular complexity index is 557.